The normalized spacial score (nSPS) is 30.7. The second-order valence-electron chi connectivity index (χ2n) is 7.20. The van der Waals surface area contributed by atoms with Gasteiger partial charge in [0.05, 0.1) is 0 Å². The molecule has 1 heterocycles. The van der Waals surface area contributed by atoms with Crippen LogP contribution in [0.2, 0.25) is 0 Å². The third-order valence-corrected chi connectivity index (χ3v) is 5.60. The first-order chi connectivity index (χ1) is 10.2. The molecule has 1 aromatic heterocycles. The van der Waals surface area contributed by atoms with Gasteiger partial charge in [-0.05, 0) is 49.9 Å². The molecule has 3 saturated carbocycles. The van der Waals surface area contributed by atoms with Crippen LogP contribution in [0.15, 0.2) is 6.07 Å². The summed E-state index contributed by atoms with van der Waals surface area (Å²) in [7, 11) is 2.16. The molecule has 0 spiro atoms. The van der Waals surface area contributed by atoms with Crippen molar-refractivity contribution in [1.82, 2.24) is 9.97 Å². The van der Waals surface area contributed by atoms with E-state index in [0.29, 0.717) is 5.92 Å². The minimum absolute atomic E-state index is 0.549. The van der Waals surface area contributed by atoms with E-state index in [4.69, 9.17) is 10.8 Å². The van der Waals surface area contributed by atoms with E-state index in [2.05, 4.69) is 22.4 Å². The highest BCUT2D eigenvalue weighted by Gasteiger charge is 2.39. The van der Waals surface area contributed by atoms with Gasteiger partial charge >= 0.3 is 0 Å². The van der Waals surface area contributed by atoms with Crippen molar-refractivity contribution in [2.75, 3.05) is 23.9 Å². The first kappa shape index (κ1) is 13.3. The summed E-state index contributed by atoms with van der Waals surface area (Å²) < 4.78 is 0. The fraction of sp³-hybridized carbons (Fsp3) is 0.750. The molecule has 3 N–H and O–H groups in total. The van der Waals surface area contributed by atoms with Crippen LogP contribution in [0.25, 0.3) is 0 Å². The number of fused-ring (bicyclic) bond motifs is 2. The minimum Gasteiger partial charge on any atom is -0.359 e. The molecule has 5 nitrogen and oxygen atoms in total. The highest BCUT2D eigenvalue weighted by molar-refractivity contribution is 5.49. The summed E-state index contributed by atoms with van der Waals surface area (Å²) in [6, 6.07) is 1.97. The lowest BCUT2D eigenvalue weighted by Gasteiger charge is -2.28. The Bertz CT molecular complexity index is 527. The van der Waals surface area contributed by atoms with Crippen molar-refractivity contribution in [3.05, 3.63) is 11.9 Å². The monoisotopic (exact) mass is 287 g/mol. The molecule has 3 aliphatic carbocycles. The van der Waals surface area contributed by atoms with E-state index < -0.39 is 0 Å². The molecule has 0 aromatic carbocycles. The molecule has 3 fully saturated rings. The summed E-state index contributed by atoms with van der Waals surface area (Å²) in [4.78, 5) is 11.6. The van der Waals surface area contributed by atoms with Crippen LogP contribution in [0.4, 0.5) is 11.6 Å². The number of hydrogen-bond donors (Lipinski definition) is 2. The van der Waals surface area contributed by atoms with Crippen LogP contribution < -0.4 is 16.2 Å². The second kappa shape index (κ2) is 5.13. The van der Waals surface area contributed by atoms with Crippen LogP contribution in [0.5, 0.6) is 0 Å². The number of nitrogen functional groups attached to an aromatic ring is 1. The molecule has 3 aliphatic rings. The van der Waals surface area contributed by atoms with Crippen molar-refractivity contribution in [1.29, 1.82) is 0 Å². The minimum atomic E-state index is 0.549. The van der Waals surface area contributed by atoms with Crippen LogP contribution in [-0.2, 0) is 0 Å². The van der Waals surface area contributed by atoms with Gasteiger partial charge in [-0.3, -0.25) is 0 Å². The van der Waals surface area contributed by atoms with Crippen LogP contribution in [0, 0.1) is 17.8 Å². The number of nitrogens with zero attached hydrogens (tertiary/aromatic N) is 3. The fourth-order valence-corrected chi connectivity index (χ4v) is 4.29. The zero-order valence-corrected chi connectivity index (χ0v) is 12.8. The van der Waals surface area contributed by atoms with Crippen molar-refractivity contribution in [2.24, 2.45) is 23.6 Å². The van der Waals surface area contributed by atoms with Gasteiger partial charge in [0, 0.05) is 25.6 Å². The molecule has 5 heteroatoms. The van der Waals surface area contributed by atoms with Crippen LogP contribution in [-0.4, -0.2) is 23.6 Å². The molecule has 3 atom stereocenters. The largest absolute Gasteiger partial charge is 0.359 e. The van der Waals surface area contributed by atoms with E-state index in [0.717, 1.165) is 41.8 Å². The van der Waals surface area contributed by atoms with Crippen molar-refractivity contribution >= 4 is 11.6 Å². The quantitative estimate of drug-likeness (QED) is 0.643. The third kappa shape index (κ3) is 2.59. The molecule has 0 aliphatic heterocycles. The van der Waals surface area contributed by atoms with Gasteiger partial charge in [0.25, 0.3) is 0 Å². The molecule has 21 heavy (non-hydrogen) atoms. The zero-order valence-electron chi connectivity index (χ0n) is 12.8. The maximum atomic E-state index is 5.56. The zero-order chi connectivity index (χ0) is 14.4. The van der Waals surface area contributed by atoms with Gasteiger partial charge in [-0.25, -0.2) is 15.8 Å². The molecule has 1 aromatic rings. The molecule has 2 bridgehead atoms. The Labute approximate surface area is 126 Å². The first-order valence-electron chi connectivity index (χ1n) is 8.29. The molecule has 4 rings (SSSR count). The summed E-state index contributed by atoms with van der Waals surface area (Å²) in [6.45, 7) is 1.12. The molecule has 0 amide bonds. The number of anilines is 2. The standard InChI is InChI=1S/C16H25N5/c1-21(9-13-7-10-2-3-12(13)6-10)15-8-14(20-17)18-16(19-15)11-4-5-11/h8,10-13H,2-7,9,17H2,1H3,(H,18,19,20). The van der Waals surface area contributed by atoms with E-state index in [1.807, 2.05) is 6.07 Å². The third-order valence-electron chi connectivity index (χ3n) is 5.60. The van der Waals surface area contributed by atoms with E-state index in [-0.39, 0.29) is 0 Å². The predicted octanol–water partition coefficient (Wildman–Crippen LogP) is 2.51. The lowest BCUT2D eigenvalue weighted by molar-refractivity contribution is 0.337. The smallest absolute Gasteiger partial charge is 0.145 e. The number of nitrogens with one attached hydrogen (secondary N) is 1. The van der Waals surface area contributed by atoms with Gasteiger partial charge in [0.2, 0.25) is 0 Å². The SMILES string of the molecule is CN(CC1CC2CCC1C2)c1cc(NN)nc(C2CC2)n1. The van der Waals surface area contributed by atoms with Gasteiger partial charge < -0.3 is 10.3 Å². The number of rotatable bonds is 5. The van der Waals surface area contributed by atoms with Gasteiger partial charge in [-0.15, -0.1) is 0 Å². The Kier molecular flexibility index (Phi) is 3.25. The number of nitrogens with two attached hydrogens (primary N) is 1. The summed E-state index contributed by atoms with van der Waals surface area (Å²) in [6.07, 6.45) is 8.21. The average molecular weight is 287 g/mol. The van der Waals surface area contributed by atoms with Gasteiger partial charge in [0.1, 0.15) is 17.5 Å². The maximum Gasteiger partial charge on any atom is 0.145 e. The van der Waals surface area contributed by atoms with Crippen molar-refractivity contribution in [3.8, 4) is 0 Å². The predicted molar refractivity (Wildman–Crippen MR) is 84.0 cm³/mol. The Balaban J connectivity index is 1.50. The molecular weight excluding hydrogens is 262 g/mol. The second-order valence-corrected chi connectivity index (χ2v) is 7.20. The van der Waals surface area contributed by atoms with E-state index in [1.54, 1.807) is 0 Å². The molecule has 114 valence electrons. The molecule has 0 saturated heterocycles. The molecular formula is C16H25N5. The van der Waals surface area contributed by atoms with Crippen LogP contribution >= 0.6 is 0 Å². The molecule has 3 unspecified atom stereocenters. The summed E-state index contributed by atoms with van der Waals surface area (Å²) >= 11 is 0. The highest BCUT2D eigenvalue weighted by atomic mass is 15.3. The lowest BCUT2D eigenvalue weighted by Crippen LogP contribution is -2.29. The summed E-state index contributed by atoms with van der Waals surface area (Å²) in [5, 5.41) is 0. The summed E-state index contributed by atoms with van der Waals surface area (Å²) in [5.41, 5.74) is 2.69. The average Bonchev–Trinajstić information content (AvgIpc) is 3.16. The van der Waals surface area contributed by atoms with Gasteiger partial charge in [-0.1, -0.05) is 6.42 Å². The van der Waals surface area contributed by atoms with Crippen molar-refractivity contribution in [3.63, 3.8) is 0 Å². The Morgan fingerprint density at radius 1 is 1.24 bits per heavy atom. The lowest BCUT2D eigenvalue weighted by atomic mass is 9.88. The van der Waals surface area contributed by atoms with Crippen LogP contribution in [0.3, 0.4) is 0 Å². The van der Waals surface area contributed by atoms with Gasteiger partial charge in [-0.2, -0.15) is 0 Å². The highest BCUT2D eigenvalue weighted by Crippen LogP contribution is 2.48. The van der Waals surface area contributed by atoms with Gasteiger partial charge in [0.15, 0.2) is 0 Å². The Morgan fingerprint density at radius 3 is 2.71 bits per heavy atom. The number of hydrogen-bond acceptors (Lipinski definition) is 5. The fourth-order valence-electron chi connectivity index (χ4n) is 4.29. The first-order valence-corrected chi connectivity index (χ1v) is 8.29. The summed E-state index contributed by atoms with van der Waals surface area (Å²) in [5.74, 6) is 11.6. The number of aromatic nitrogens is 2. The Hall–Kier alpha value is -1.36. The van der Waals surface area contributed by atoms with Crippen LogP contribution in [0.1, 0.15) is 50.3 Å². The topological polar surface area (TPSA) is 67.1 Å². The maximum absolute atomic E-state index is 5.56. The van der Waals surface area contributed by atoms with E-state index >= 15 is 0 Å². The Morgan fingerprint density at radius 2 is 2.10 bits per heavy atom. The van der Waals surface area contributed by atoms with Crippen molar-refractivity contribution in [2.45, 2.75) is 44.4 Å². The van der Waals surface area contributed by atoms with E-state index in [1.165, 1.54) is 38.5 Å². The van der Waals surface area contributed by atoms with Crippen molar-refractivity contribution < 1.29 is 0 Å². The van der Waals surface area contributed by atoms with E-state index in [9.17, 15) is 0 Å². The number of hydrazine groups is 1. The molecule has 0 radical (unpaired) electrons.